The molecule has 1 N–H and O–H groups in total. The van der Waals surface area contributed by atoms with Crippen LogP contribution in [0.15, 0.2) is 71.3 Å². The molecule has 26 heavy (non-hydrogen) atoms. The molecule has 0 aliphatic rings. The molecule has 2 rings (SSSR count). The number of carbonyl (C=O) groups is 1. The van der Waals surface area contributed by atoms with Gasteiger partial charge in [0.25, 0.3) is 5.91 Å². The van der Waals surface area contributed by atoms with E-state index in [-0.39, 0.29) is 11.2 Å². The minimum Gasteiger partial charge on any atom is -0.490 e. The van der Waals surface area contributed by atoms with Gasteiger partial charge in [0.1, 0.15) is 12.4 Å². The zero-order chi connectivity index (χ0) is 18.6. The second-order valence-electron chi connectivity index (χ2n) is 5.41. The van der Waals surface area contributed by atoms with Gasteiger partial charge >= 0.3 is 0 Å². The monoisotopic (exact) mass is 388 g/mol. The average Bonchev–Trinajstić information content (AvgIpc) is 2.68. The number of ether oxygens (including phenoxy) is 1. The molecule has 0 saturated carbocycles. The first-order valence-electron chi connectivity index (χ1n) is 8.15. The topological polar surface area (TPSA) is 50.7 Å². The lowest BCUT2D eigenvalue weighted by molar-refractivity contribution is -0.120. The Labute approximate surface area is 163 Å². The van der Waals surface area contributed by atoms with Crippen LogP contribution in [0.4, 0.5) is 0 Å². The van der Waals surface area contributed by atoms with Crippen LogP contribution >= 0.6 is 23.4 Å². The number of thioether (sulfide) groups is 1. The number of nitrogens with one attached hydrogen (secondary N) is 1. The van der Waals surface area contributed by atoms with Gasteiger partial charge in [-0.3, -0.25) is 4.79 Å². The fourth-order valence-corrected chi connectivity index (χ4v) is 2.88. The maximum atomic E-state index is 12.1. The van der Waals surface area contributed by atoms with Crippen LogP contribution in [0, 0.1) is 0 Å². The normalized spacial score (nSPS) is 12.4. The minimum atomic E-state index is -0.182. The number of benzene rings is 2. The fourth-order valence-electron chi connectivity index (χ4n) is 1.96. The number of rotatable bonds is 9. The van der Waals surface area contributed by atoms with Crippen LogP contribution in [0.25, 0.3) is 0 Å². The summed E-state index contributed by atoms with van der Waals surface area (Å²) in [6, 6.07) is 17.5. The number of halogens is 1. The molecule has 4 nitrogen and oxygen atoms in total. The molecule has 0 aliphatic heterocycles. The molecule has 0 aliphatic carbocycles. The van der Waals surface area contributed by atoms with E-state index in [1.165, 1.54) is 11.1 Å². The molecule has 0 heterocycles. The van der Waals surface area contributed by atoms with Gasteiger partial charge in [-0.1, -0.05) is 41.9 Å². The van der Waals surface area contributed by atoms with Crippen molar-refractivity contribution in [2.75, 3.05) is 6.61 Å². The number of hydrazone groups is 1. The minimum absolute atomic E-state index is 0.116. The lowest BCUT2D eigenvalue weighted by Gasteiger charge is -2.09. The van der Waals surface area contributed by atoms with Crippen LogP contribution in [0.3, 0.4) is 0 Å². The molecule has 1 unspecified atom stereocenters. The lowest BCUT2D eigenvalue weighted by Crippen LogP contribution is -2.26. The summed E-state index contributed by atoms with van der Waals surface area (Å²) in [7, 11) is 0. The van der Waals surface area contributed by atoms with Gasteiger partial charge in [0.2, 0.25) is 0 Å². The molecule has 2 aromatic carbocycles. The van der Waals surface area contributed by atoms with E-state index < -0.39 is 0 Å². The number of carbonyl (C=O) groups excluding carboxylic acids is 1. The number of nitrogens with zero attached hydrogens (tertiary/aromatic N) is 1. The molecular formula is C20H21ClN2O2S. The Morgan fingerprint density at radius 3 is 2.65 bits per heavy atom. The van der Waals surface area contributed by atoms with Gasteiger partial charge in [-0.2, -0.15) is 5.10 Å². The van der Waals surface area contributed by atoms with Crippen LogP contribution in [-0.2, 0) is 10.5 Å². The van der Waals surface area contributed by atoms with Crippen LogP contribution in [0.2, 0.25) is 0 Å². The van der Waals surface area contributed by atoms with Gasteiger partial charge in [0.05, 0.1) is 11.5 Å². The zero-order valence-corrected chi connectivity index (χ0v) is 16.0. The lowest BCUT2D eigenvalue weighted by atomic mass is 10.2. The highest BCUT2D eigenvalue weighted by Gasteiger charge is 2.12. The first-order chi connectivity index (χ1) is 12.7. The Morgan fingerprint density at radius 2 is 1.96 bits per heavy atom. The third-order valence-electron chi connectivity index (χ3n) is 3.42. The largest absolute Gasteiger partial charge is 0.490 e. The zero-order valence-electron chi connectivity index (χ0n) is 14.5. The van der Waals surface area contributed by atoms with Gasteiger partial charge < -0.3 is 4.74 Å². The highest BCUT2D eigenvalue weighted by molar-refractivity contribution is 7.99. The fraction of sp³-hybridized carbons (Fsp3) is 0.200. The van der Waals surface area contributed by atoms with E-state index in [1.54, 1.807) is 24.1 Å². The molecular weight excluding hydrogens is 368 g/mol. The third kappa shape index (κ3) is 7.33. The second-order valence-corrected chi connectivity index (χ2v) is 7.00. The van der Waals surface area contributed by atoms with Crippen LogP contribution in [0.5, 0.6) is 5.75 Å². The van der Waals surface area contributed by atoms with Crippen molar-refractivity contribution in [3.8, 4) is 5.75 Å². The number of amides is 1. The summed E-state index contributed by atoms with van der Waals surface area (Å²) in [4.78, 5) is 12.1. The van der Waals surface area contributed by atoms with E-state index in [9.17, 15) is 4.79 Å². The summed E-state index contributed by atoms with van der Waals surface area (Å²) < 4.78 is 5.45. The summed E-state index contributed by atoms with van der Waals surface area (Å²) in [5.41, 5.74) is 6.07. The van der Waals surface area contributed by atoms with Crippen molar-refractivity contribution in [3.63, 3.8) is 0 Å². The predicted molar refractivity (Wildman–Crippen MR) is 110 cm³/mol. The highest BCUT2D eigenvalue weighted by Crippen LogP contribution is 2.17. The Balaban J connectivity index is 1.75. The molecule has 0 spiro atoms. The standard InChI is InChI=1S/C20H21ClN2O2S/c1-16(26-15-18-6-3-2-4-7-18)20(24)23-22-14-17-8-10-19(11-9-17)25-13-5-12-21/h2-12,14,16H,13,15H2,1H3,(H,23,24). The van der Waals surface area contributed by atoms with E-state index in [4.69, 9.17) is 16.3 Å². The average molecular weight is 389 g/mol. The molecule has 6 heteroatoms. The molecule has 0 fully saturated rings. The smallest absolute Gasteiger partial charge is 0.252 e. The van der Waals surface area contributed by atoms with Crippen LogP contribution < -0.4 is 10.2 Å². The van der Waals surface area contributed by atoms with E-state index >= 15 is 0 Å². The number of hydrogen-bond donors (Lipinski definition) is 1. The Hall–Kier alpha value is -2.24. The molecule has 0 aromatic heterocycles. The van der Waals surface area contributed by atoms with Crippen molar-refractivity contribution in [1.29, 1.82) is 0 Å². The Morgan fingerprint density at radius 1 is 1.23 bits per heavy atom. The van der Waals surface area contributed by atoms with Gasteiger partial charge in [0, 0.05) is 11.3 Å². The van der Waals surface area contributed by atoms with Crippen LogP contribution in [-0.4, -0.2) is 24.0 Å². The SMILES string of the molecule is CC(SCc1ccccc1)C(=O)NN=Cc1ccc(OCC=CCl)cc1. The first-order valence-corrected chi connectivity index (χ1v) is 9.64. The van der Waals surface area contributed by atoms with Crippen molar-refractivity contribution in [2.45, 2.75) is 17.9 Å². The summed E-state index contributed by atoms with van der Waals surface area (Å²) in [5, 5.41) is 3.83. The molecule has 1 amide bonds. The third-order valence-corrected chi connectivity index (χ3v) is 4.81. The van der Waals surface area contributed by atoms with E-state index in [1.807, 2.05) is 49.4 Å². The molecule has 0 bridgehead atoms. The summed E-state index contributed by atoms with van der Waals surface area (Å²) in [6.45, 7) is 2.30. The van der Waals surface area contributed by atoms with E-state index in [0.717, 1.165) is 17.1 Å². The molecule has 0 saturated heterocycles. The summed E-state index contributed by atoms with van der Waals surface area (Å²) >= 11 is 7.01. The van der Waals surface area contributed by atoms with Crippen molar-refractivity contribution < 1.29 is 9.53 Å². The molecule has 0 radical (unpaired) electrons. The van der Waals surface area contributed by atoms with Crippen molar-refractivity contribution in [1.82, 2.24) is 5.43 Å². The summed E-state index contributed by atoms with van der Waals surface area (Å²) in [6.07, 6.45) is 3.32. The van der Waals surface area contributed by atoms with Crippen molar-refractivity contribution >= 4 is 35.5 Å². The van der Waals surface area contributed by atoms with Gasteiger partial charge in [0.15, 0.2) is 0 Å². The van der Waals surface area contributed by atoms with E-state index in [0.29, 0.717) is 6.61 Å². The molecule has 1 atom stereocenters. The summed E-state index contributed by atoms with van der Waals surface area (Å²) in [5.74, 6) is 1.42. The maximum absolute atomic E-state index is 12.1. The molecule has 136 valence electrons. The highest BCUT2D eigenvalue weighted by atomic mass is 35.5. The molecule has 2 aromatic rings. The van der Waals surface area contributed by atoms with Gasteiger partial charge in [-0.25, -0.2) is 5.43 Å². The number of hydrogen-bond acceptors (Lipinski definition) is 4. The predicted octanol–water partition coefficient (Wildman–Crippen LogP) is 4.59. The quantitative estimate of drug-likeness (QED) is 0.505. The maximum Gasteiger partial charge on any atom is 0.252 e. The Kier molecular flexibility index (Phi) is 8.79. The van der Waals surface area contributed by atoms with E-state index in [2.05, 4.69) is 22.7 Å². The van der Waals surface area contributed by atoms with Crippen molar-refractivity contribution in [3.05, 3.63) is 77.3 Å². The van der Waals surface area contributed by atoms with Gasteiger partial charge in [-0.05, 0) is 48.4 Å². The van der Waals surface area contributed by atoms with Crippen LogP contribution in [0.1, 0.15) is 18.1 Å². The van der Waals surface area contributed by atoms with Gasteiger partial charge in [-0.15, -0.1) is 11.8 Å². The second kappa shape index (κ2) is 11.4. The van der Waals surface area contributed by atoms with Crippen molar-refractivity contribution in [2.24, 2.45) is 5.10 Å². The Bertz CT molecular complexity index is 733. The first kappa shape index (κ1) is 20.1.